The lowest BCUT2D eigenvalue weighted by atomic mass is 9.81. The van der Waals surface area contributed by atoms with Gasteiger partial charge in [0.25, 0.3) is 0 Å². The second kappa shape index (κ2) is 8.93. The van der Waals surface area contributed by atoms with Crippen molar-refractivity contribution in [2.75, 3.05) is 24.7 Å². The molecule has 2 atom stereocenters. The zero-order chi connectivity index (χ0) is 14.2. The summed E-state index contributed by atoms with van der Waals surface area (Å²) in [6, 6.07) is 0.344. The Balaban J connectivity index is 1.50. The number of hydrogen-bond acceptors (Lipinski definition) is 3. The zero-order valence-corrected chi connectivity index (χ0v) is 13.6. The van der Waals surface area contributed by atoms with Crippen LogP contribution in [0.2, 0.25) is 0 Å². The van der Waals surface area contributed by atoms with Gasteiger partial charge in [-0.25, -0.2) is 0 Å². The SMILES string of the molecule is C[C@@H]1CCC[C@H](CCSCC(=O)NC2CCOCC2)C1. The van der Waals surface area contributed by atoms with E-state index >= 15 is 0 Å². The zero-order valence-electron chi connectivity index (χ0n) is 12.7. The topological polar surface area (TPSA) is 38.3 Å². The van der Waals surface area contributed by atoms with Gasteiger partial charge in [0, 0.05) is 19.3 Å². The molecular weight excluding hydrogens is 270 g/mol. The lowest BCUT2D eigenvalue weighted by Gasteiger charge is -2.26. The summed E-state index contributed by atoms with van der Waals surface area (Å²) in [5.74, 6) is 3.79. The predicted molar refractivity (Wildman–Crippen MR) is 85.0 cm³/mol. The van der Waals surface area contributed by atoms with Crippen molar-refractivity contribution < 1.29 is 9.53 Å². The van der Waals surface area contributed by atoms with Crippen LogP contribution in [-0.2, 0) is 9.53 Å². The highest BCUT2D eigenvalue weighted by molar-refractivity contribution is 7.99. The first-order chi connectivity index (χ1) is 9.74. The Bertz CT molecular complexity index is 292. The Labute approximate surface area is 127 Å². The van der Waals surface area contributed by atoms with Gasteiger partial charge >= 0.3 is 0 Å². The third-order valence-electron chi connectivity index (χ3n) is 4.54. The Morgan fingerprint density at radius 3 is 2.80 bits per heavy atom. The first-order valence-corrected chi connectivity index (χ1v) is 9.34. The molecule has 0 aromatic rings. The average Bonchev–Trinajstić information content (AvgIpc) is 2.45. The molecule has 1 amide bonds. The molecule has 1 heterocycles. The number of hydrogen-bond donors (Lipinski definition) is 1. The predicted octanol–water partition coefficient (Wildman–Crippen LogP) is 3.23. The highest BCUT2D eigenvalue weighted by atomic mass is 32.2. The molecule has 0 radical (unpaired) electrons. The number of carbonyl (C=O) groups excluding carboxylic acids is 1. The van der Waals surface area contributed by atoms with Crippen molar-refractivity contribution in [3.63, 3.8) is 0 Å². The molecule has 1 saturated heterocycles. The van der Waals surface area contributed by atoms with E-state index in [1.165, 1.54) is 32.1 Å². The third-order valence-corrected chi connectivity index (χ3v) is 5.53. The molecule has 0 unspecified atom stereocenters. The van der Waals surface area contributed by atoms with Crippen LogP contribution in [0, 0.1) is 11.8 Å². The fourth-order valence-electron chi connectivity index (χ4n) is 3.35. The molecule has 0 spiro atoms. The average molecular weight is 299 g/mol. The molecule has 0 bridgehead atoms. The Hall–Kier alpha value is -0.220. The molecule has 4 heteroatoms. The largest absolute Gasteiger partial charge is 0.381 e. The van der Waals surface area contributed by atoms with E-state index in [-0.39, 0.29) is 5.91 Å². The maximum absolute atomic E-state index is 11.8. The lowest BCUT2D eigenvalue weighted by Crippen LogP contribution is -2.39. The van der Waals surface area contributed by atoms with Crippen LogP contribution >= 0.6 is 11.8 Å². The fraction of sp³-hybridized carbons (Fsp3) is 0.938. The van der Waals surface area contributed by atoms with E-state index in [4.69, 9.17) is 4.74 Å². The molecule has 1 aliphatic carbocycles. The van der Waals surface area contributed by atoms with Crippen LogP contribution in [0.15, 0.2) is 0 Å². The van der Waals surface area contributed by atoms with E-state index in [1.54, 1.807) is 11.8 Å². The van der Waals surface area contributed by atoms with Crippen LogP contribution in [-0.4, -0.2) is 36.7 Å². The van der Waals surface area contributed by atoms with E-state index in [1.807, 2.05) is 0 Å². The summed E-state index contributed by atoms with van der Waals surface area (Å²) in [5.41, 5.74) is 0. The molecule has 3 nitrogen and oxygen atoms in total. The van der Waals surface area contributed by atoms with Crippen LogP contribution in [0.25, 0.3) is 0 Å². The third kappa shape index (κ3) is 6.04. The molecule has 1 aliphatic heterocycles. The van der Waals surface area contributed by atoms with Crippen LogP contribution in [0.3, 0.4) is 0 Å². The highest BCUT2D eigenvalue weighted by Crippen LogP contribution is 2.31. The summed E-state index contributed by atoms with van der Waals surface area (Å²) in [7, 11) is 0. The summed E-state index contributed by atoms with van der Waals surface area (Å²) in [6.07, 6.45) is 8.85. The van der Waals surface area contributed by atoms with Crippen molar-refractivity contribution in [1.82, 2.24) is 5.32 Å². The number of ether oxygens (including phenoxy) is 1. The molecule has 2 rings (SSSR count). The van der Waals surface area contributed by atoms with Gasteiger partial charge in [0.15, 0.2) is 0 Å². The van der Waals surface area contributed by atoms with Gasteiger partial charge in [-0.1, -0.05) is 26.2 Å². The Kier molecular flexibility index (Phi) is 7.22. The van der Waals surface area contributed by atoms with Crippen LogP contribution < -0.4 is 5.32 Å². The van der Waals surface area contributed by atoms with Crippen LogP contribution in [0.4, 0.5) is 0 Å². The first-order valence-electron chi connectivity index (χ1n) is 8.19. The summed E-state index contributed by atoms with van der Waals surface area (Å²) < 4.78 is 5.30. The van der Waals surface area contributed by atoms with Gasteiger partial charge in [-0.3, -0.25) is 4.79 Å². The van der Waals surface area contributed by atoms with Gasteiger partial charge in [0.05, 0.1) is 5.75 Å². The van der Waals surface area contributed by atoms with Gasteiger partial charge in [0.1, 0.15) is 0 Å². The first kappa shape index (κ1) is 16.2. The molecular formula is C16H29NO2S. The maximum atomic E-state index is 11.8. The summed E-state index contributed by atoms with van der Waals surface area (Å²) in [5, 5.41) is 3.12. The lowest BCUT2D eigenvalue weighted by molar-refractivity contribution is -0.119. The van der Waals surface area contributed by atoms with Crippen LogP contribution in [0.5, 0.6) is 0 Å². The van der Waals surface area contributed by atoms with Gasteiger partial charge in [0.2, 0.25) is 5.91 Å². The summed E-state index contributed by atoms with van der Waals surface area (Å²) in [6.45, 7) is 3.95. The quantitative estimate of drug-likeness (QED) is 0.765. The van der Waals surface area contributed by atoms with Crippen molar-refractivity contribution in [1.29, 1.82) is 0 Å². The minimum Gasteiger partial charge on any atom is -0.381 e. The standard InChI is InChI=1S/C16H29NO2S/c1-13-3-2-4-14(11-13)7-10-20-12-16(18)17-15-5-8-19-9-6-15/h13-15H,2-12H2,1H3,(H,17,18)/t13-,14-/m1/s1. The van der Waals surface area contributed by atoms with Gasteiger partial charge in [-0.15, -0.1) is 0 Å². The van der Waals surface area contributed by atoms with E-state index in [0.29, 0.717) is 11.8 Å². The van der Waals surface area contributed by atoms with E-state index in [2.05, 4.69) is 12.2 Å². The number of thioether (sulfide) groups is 1. The van der Waals surface area contributed by atoms with Crippen LogP contribution in [0.1, 0.15) is 51.9 Å². The molecule has 2 fully saturated rings. The van der Waals surface area contributed by atoms with Gasteiger partial charge in [-0.2, -0.15) is 11.8 Å². The Morgan fingerprint density at radius 1 is 1.25 bits per heavy atom. The molecule has 0 aromatic heterocycles. The second-order valence-electron chi connectivity index (χ2n) is 6.43. The van der Waals surface area contributed by atoms with Crippen molar-refractivity contribution in [2.24, 2.45) is 11.8 Å². The molecule has 1 saturated carbocycles. The highest BCUT2D eigenvalue weighted by Gasteiger charge is 2.19. The molecule has 1 N–H and O–H groups in total. The smallest absolute Gasteiger partial charge is 0.230 e. The number of rotatable bonds is 6. The van der Waals surface area contributed by atoms with Gasteiger partial charge < -0.3 is 10.1 Å². The van der Waals surface area contributed by atoms with Crippen molar-refractivity contribution in [2.45, 2.75) is 57.9 Å². The van der Waals surface area contributed by atoms with Crippen molar-refractivity contribution in [3.8, 4) is 0 Å². The number of carbonyl (C=O) groups is 1. The number of nitrogens with one attached hydrogen (secondary N) is 1. The molecule has 0 aromatic carbocycles. The fourth-order valence-corrected chi connectivity index (χ4v) is 4.26. The maximum Gasteiger partial charge on any atom is 0.230 e. The van der Waals surface area contributed by atoms with E-state index < -0.39 is 0 Å². The summed E-state index contributed by atoms with van der Waals surface area (Å²) in [4.78, 5) is 11.8. The minimum atomic E-state index is 0.207. The number of amides is 1. The monoisotopic (exact) mass is 299 g/mol. The van der Waals surface area contributed by atoms with Gasteiger partial charge in [-0.05, 0) is 43.3 Å². The van der Waals surface area contributed by atoms with Crippen molar-refractivity contribution >= 4 is 17.7 Å². The minimum absolute atomic E-state index is 0.207. The normalized spacial score (nSPS) is 28.2. The van der Waals surface area contributed by atoms with E-state index in [0.717, 1.165) is 43.6 Å². The molecule has 116 valence electrons. The molecule has 2 aliphatic rings. The Morgan fingerprint density at radius 2 is 2.05 bits per heavy atom. The van der Waals surface area contributed by atoms with Crippen molar-refractivity contribution in [3.05, 3.63) is 0 Å². The summed E-state index contributed by atoms with van der Waals surface area (Å²) >= 11 is 1.80. The second-order valence-corrected chi connectivity index (χ2v) is 7.54. The molecule has 20 heavy (non-hydrogen) atoms. The van der Waals surface area contributed by atoms with E-state index in [9.17, 15) is 4.79 Å².